The molecule has 0 aromatic carbocycles. The molecule has 2 atom stereocenters. The van der Waals surface area contributed by atoms with Crippen molar-refractivity contribution in [1.82, 2.24) is 10.4 Å². The Bertz CT molecular complexity index is 174. The SMILES string of the molecule is CON(C)C(=O)[C@@H]1C[C@@H](O)CN1. The lowest BCUT2D eigenvalue weighted by Gasteiger charge is -2.17. The van der Waals surface area contributed by atoms with Gasteiger partial charge in [0.15, 0.2) is 0 Å². The summed E-state index contributed by atoms with van der Waals surface area (Å²) in [6.45, 7) is 0.480. The molecule has 5 heteroatoms. The summed E-state index contributed by atoms with van der Waals surface area (Å²) in [5.74, 6) is -0.144. The lowest BCUT2D eigenvalue weighted by Crippen LogP contribution is -2.40. The van der Waals surface area contributed by atoms with Gasteiger partial charge < -0.3 is 10.4 Å². The molecule has 0 aromatic rings. The second-order valence-electron chi connectivity index (χ2n) is 2.87. The molecule has 5 nitrogen and oxygen atoms in total. The van der Waals surface area contributed by atoms with Gasteiger partial charge in [-0.15, -0.1) is 0 Å². The first-order valence-corrected chi connectivity index (χ1v) is 3.88. The van der Waals surface area contributed by atoms with Crippen LogP contribution in [0.25, 0.3) is 0 Å². The van der Waals surface area contributed by atoms with Crippen molar-refractivity contribution in [2.45, 2.75) is 18.6 Å². The summed E-state index contributed by atoms with van der Waals surface area (Å²) in [5, 5.41) is 13.2. The molecule has 0 unspecified atom stereocenters. The molecule has 12 heavy (non-hydrogen) atoms. The van der Waals surface area contributed by atoms with Crippen LogP contribution in [0.15, 0.2) is 0 Å². The zero-order valence-corrected chi connectivity index (χ0v) is 7.28. The number of amides is 1. The van der Waals surface area contributed by atoms with Crippen molar-refractivity contribution >= 4 is 5.91 Å². The Kier molecular flexibility index (Phi) is 3.02. The van der Waals surface area contributed by atoms with Gasteiger partial charge in [0.1, 0.15) is 0 Å². The first-order chi connectivity index (χ1) is 5.65. The number of aliphatic hydroxyl groups is 1. The van der Waals surface area contributed by atoms with E-state index >= 15 is 0 Å². The maximum atomic E-state index is 11.3. The van der Waals surface area contributed by atoms with E-state index in [9.17, 15) is 4.79 Å². The second kappa shape index (κ2) is 3.84. The van der Waals surface area contributed by atoms with E-state index in [0.29, 0.717) is 13.0 Å². The third-order valence-electron chi connectivity index (χ3n) is 1.99. The molecule has 2 N–H and O–H groups in total. The molecular formula is C7H14N2O3. The van der Waals surface area contributed by atoms with Gasteiger partial charge in [0, 0.05) is 13.6 Å². The van der Waals surface area contributed by atoms with Crippen molar-refractivity contribution in [3.05, 3.63) is 0 Å². The van der Waals surface area contributed by atoms with E-state index in [0.717, 1.165) is 5.06 Å². The van der Waals surface area contributed by atoms with E-state index in [1.807, 2.05) is 0 Å². The molecule has 1 amide bonds. The van der Waals surface area contributed by atoms with E-state index in [1.165, 1.54) is 7.11 Å². The Morgan fingerprint density at radius 1 is 1.75 bits per heavy atom. The van der Waals surface area contributed by atoms with Crippen LogP contribution in [0.3, 0.4) is 0 Å². The van der Waals surface area contributed by atoms with Gasteiger partial charge in [-0.1, -0.05) is 0 Å². The maximum Gasteiger partial charge on any atom is 0.263 e. The molecule has 0 aromatic heterocycles. The number of nitrogens with one attached hydrogen (secondary N) is 1. The van der Waals surface area contributed by atoms with Crippen LogP contribution in [0.4, 0.5) is 0 Å². The molecule has 0 bridgehead atoms. The number of hydrogen-bond donors (Lipinski definition) is 2. The fourth-order valence-corrected chi connectivity index (χ4v) is 1.21. The van der Waals surface area contributed by atoms with Crippen LogP contribution in [0, 0.1) is 0 Å². The normalized spacial score (nSPS) is 28.9. The lowest BCUT2D eigenvalue weighted by molar-refractivity contribution is -0.170. The van der Waals surface area contributed by atoms with Gasteiger partial charge in [-0.05, 0) is 6.42 Å². The summed E-state index contributed by atoms with van der Waals surface area (Å²) in [6.07, 6.45) is 0.0520. The minimum Gasteiger partial charge on any atom is -0.392 e. The average molecular weight is 174 g/mol. The Balaban J connectivity index is 2.43. The zero-order chi connectivity index (χ0) is 9.14. The van der Waals surface area contributed by atoms with Crippen molar-refractivity contribution in [1.29, 1.82) is 0 Å². The van der Waals surface area contributed by atoms with Crippen molar-refractivity contribution in [3.63, 3.8) is 0 Å². The number of hydroxylamine groups is 2. The van der Waals surface area contributed by atoms with Gasteiger partial charge in [0.2, 0.25) is 0 Å². The number of carbonyl (C=O) groups excluding carboxylic acids is 1. The van der Waals surface area contributed by atoms with Crippen LogP contribution in [0.1, 0.15) is 6.42 Å². The predicted molar refractivity (Wildman–Crippen MR) is 42.2 cm³/mol. The molecule has 0 spiro atoms. The fourth-order valence-electron chi connectivity index (χ4n) is 1.21. The topological polar surface area (TPSA) is 61.8 Å². The molecule has 0 radical (unpaired) electrons. The first-order valence-electron chi connectivity index (χ1n) is 3.88. The quantitative estimate of drug-likeness (QED) is 0.512. The van der Waals surface area contributed by atoms with Crippen molar-refractivity contribution in [3.8, 4) is 0 Å². The molecule has 0 saturated carbocycles. The van der Waals surface area contributed by atoms with E-state index < -0.39 is 6.10 Å². The van der Waals surface area contributed by atoms with Crippen molar-refractivity contribution in [2.75, 3.05) is 20.7 Å². The molecule has 0 aliphatic carbocycles. The van der Waals surface area contributed by atoms with Crippen LogP contribution in [0.2, 0.25) is 0 Å². The number of rotatable bonds is 2. The number of β-amino-alcohol motifs (C(OH)–C–C–N with tert-alkyl or cyclic N) is 1. The smallest absolute Gasteiger partial charge is 0.263 e. The molecule has 1 aliphatic heterocycles. The van der Waals surface area contributed by atoms with Gasteiger partial charge in [0.05, 0.1) is 19.3 Å². The highest BCUT2D eigenvalue weighted by Gasteiger charge is 2.30. The standard InChI is InChI=1S/C7H14N2O3/c1-9(12-2)7(11)6-3-5(10)4-8-6/h5-6,8,10H,3-4H2,1-2H3/t5-,6+/m1/s1. The zero-order valence-electron chi connectivity index (χ0n) is 7.28. The van der Waals surface area contributed by atoms with Crippen LogP contribution in [-0.2, 0) is 9.63 Å². The van der Waals surface area contributed by atoms with Gasteiger partial charge >= 0.3 is 0 Å². The highest BCUT2D eigenvalue weighted by molar-refractivity contribution is 5.81. The van der Waals surface area contributed by atoms with Gasteiger partial charge in [-0.2, -0.15) is 0 Å². The van der Waals surface area contributed by atoms with E-state index in [4.69, 9.17) is 9.94 Å². The molecule has 1 saturated heterocycles. The number of aliphatic hydroxyl groups excluding tert-OH is 1. The molecule has 1 fully saturated rings. The Morgan fingerprint density at radius 2 is 2.42 bits per heavy atom. The highest BCUT2D eigenvalue weighted by atomic mass is 16.7. The van der Waals surface area contributed by atoms with E-state index in [-0.39, 0.29) is 11.9 Å². The molecule has 1 rings (SSSR count). The van der Waals surface area contributed by atoms with Crippen molar-refractivity contribution < 1.29 is 14.7 Å². The van der Waals surface area contributed by atoms with Crippen LogP contribution < -0.4 is 5.32 Å². The summed E-state index contributed by atoms with van der Waals surface area (Å²) < 4.78 is 0. The molecule has 70 valence electrons. The minimum atomic E-state index is -0.413. The fraction of sp³-hybridized carbons (Fsp3) is 0.857. The number of hydrogen-bond acceptors (Lipinski definition) is 4. The number of likely N-dealkylation sites (N-methyl/N-ethyl adjacent to an activating group) is 1. The molecular weight excluding hydrogens is 160 g/mol. The predicted octanol–water partition coefficient (Wildman–Crippen LogP) is -1.27. The minimum absolute atomic E-state index is 0.144. The third-order valence-corrected chi connectivity index (χ3v) is 1.99. The summed E-state index contributed by atoms with van der Waals surface area (Å²) in [4.78, 5) is 16.1. The largest absolute Gasteiger partial charge is 0.392 e. The maximum absolute atomic E-state index is 11.3. The van der Waals surface area contributed by atoms with Crippen LogP contribution in [0.5, 0.6) is 0 Å². The Morgan fingerprint density at radius 3 is 2.83 bits per heavy atom. The summed E-state index contributed by atoms with van der Waals surface area (Å²) >= 11 is 0. The first kappa shape index (κ1) is 9.44. The molecule has 1 aliphatic rings. The lowest BCUT2D eigenvalue weighted by atomic mass is 10.2. The Labute approximate surface area is 71.3 Å². The molecule has 1 heterocycles. The van der Waals surface area contributed by atoms with Gasteiger partial charge in [0.25, 0.3) is 5.91 Å². The van der Waals surface area contributed by atoms with Crippen molar-refractivity contribution in [2.24, 2.45) is 0 Å². The Hall–Kier alpha value is -0.650. The van der Waals surface area contributed by atoms with Gasteiger partial charge in [-0.25, -0.2) is 5.06 Å². The van der Waals surface area contributed by atoms with Crippen LogP contribution in [-0.4, -0.2) is 48.9 Å². The highest BCUT2D eigenvalue weighted by Crippen LogP contribution is 2.08. The number of carbonyl (C=O) groups is 1. The summed E-state index contributed by atoms with van der Waals surface area (Å²) in [6, 6.07) is -0.301. The van der Waals surface area contributed by atoms with Crippen LogP contribution >= 0.6 is 0 Å². The monoisotopic (exact) mass is 174 g/mol. The van der Waals surface area contributed by atoms with Gasteiger partial charge in [-0.3, -0.25) is 9.63 Å². The van der Waals surface area contributed by atoms with E-state index in [1.54, 1.807) is 7.05 Å². The third kappa shape index (κ3) is 1.94. The second-order valence-corrected chi connectivity index (χ2v) is 2.87. The van der Waals surface area contributed by atoms with E-state index in [2.05, 4.69) is 5.32 Å². The average Bonchev–Trinajstić information content (AvgIpc) is 2.49. The summed E-state index contributed by atoms with van der Waals surface area (Å²) in [5.41, 5.74) is 0. The number of nitrogens with zero attached hydrogens (tertiary/aromatic N) is 1. The summed E-state index contributed by atoms with van der Waals surface area (Å²) in [7, 11) is 2.98.